The van der Waals surface area contributed by atoms with Gasteiger partial charge in [-0.3, -0.25) is 14.4 Å². The van der Waals surface area contributed by atoms with E-state index in [9.17, 15) is 18.0 Å². The van der Waals surface area contributed by atoms with Gasteiger partial charge < -0.3 is 24.8 Å². The summed E-state index contributed by atoms with van der Waals surface area (Å²) in [4.78, 5) is 33.0. The molecule has 2 aromatic heterocycles. The molecule has 0 aliphatic carbocycles. The lowest BCUT2D eigenvalue weighted by molar-refractivity contribution is 0.00544. The van der Waals surface area contributed by atoms with Crippen LogP contribution >= 0.6 is 11.6 Å². The second kappa shape index (κ2) is 12.1. The first-order valence-electron chi connectivity index (χ1n) is 17.9. The number of ether oxygens (including phenoxy) is 3. The van der Waals surface area contributed by atoms with Crippen molar-refractivity contribution in [1.82, 2.24) is 29.3 Å². The molecule has 0 spiro atoms. The van der Waals surface area contributed by atoms with Gasteiger partial charge in [-0.15, -0.1) is 0 Å². The standard InChI is InChI=1S/C36H39ClF4N8O4/c1-35(2,3)53-34(50)48-18-8-9-21(48)22-15-51-29-24-27(26(39)23(25(29)37)19-6-4-7-20-28(19)49(31(40)41)32(42)43-20)44-33(45-30(24)47(22)14-18)52-16-36-10-5-11-46(36)13-17(38)12-36/h4,6-7,17-18,21-22,31H,5,8-16H2,1-3H3,(H2,42,43)/t17?,18-,21+,22-,36+/m1/s1. The molecule has 4 saturated heterocycles. The van der Waals surface area contributed by atoms with E-state index >= 15 is 4.39 Å². The van der Waals surface area contributed by atoms with Crippen molar-refractivity contribution < 1.29 is 36.6 Å². The fraction of sp³-hybridized carbons (Fsp3) is 0.556. The Morgan fingerprint density at radius 2 is 1.98 bits per heavy atom. The first kappa shape index (κ1) is 34.5. The second-order valence-electron chi connectivity index (χ2n) is 15.8. The van der Waals surface area contributed by atoms with Gasteiger partial charge in [-0.2, -0.15) is 18.7 Å². The summed E-state index contributed by atoms with van der Waals surface area (Å²) >= 11 is 7.09. The summed E-state index contributed by atoms with van der Waals surface area (Å²) in [6.07, 6.45) is 1.91. The SMILES string of the molecule is CC(C)(C)OC(=O)N1[C@@H]2CC[C@H]1[C@H]1COc3c(Cl)c(-c4cccc5nc(N)n(C(F)F)c45)c(F)c4nc(OC[C@@]56CCCN5CC(F)C6)nc(c34)N1C2. The zero-order chi connectivity index (χ0) is 37.1. The van der Waals surface area contributed by atoms with Crippen LogP contribution in [0, 0.1) is 5.82 Å². The number of nitrogens with zero attached hydrogens (tertiary/aromatic N) is 7. The van der Waals surface area contributed by atoms with Crippen LogP contribution in [-0.4, -0.2) is 104 Å². The number of carbonyl (C=O) groups is 1. The van der Waals surface area contributed by atoms with Gasteiger partial charge in [0, 0.05) is 30.6 Å². The highest BCUT2D eigenvalue weighted by Crippen LogP contribution is 2.51. The number of hydrogen-bond donors (Lipinski definition) is 1. The minimum Gasteiger partial charge on any atom is -0.489 e. The average molecular weight is 759 g/mol. The lowest BCUT2D eigenvalue weighted by Crippen LogP contribution is -2.63. The minimum absolute atomic E-state index is 0.0106. The highest BCUT2D eigenvalue weighted by atomic mass is 35.5. The first-order chi connectivity index (χ1) is 25.2. The Hall–Kier alpha value is -4.31. The predicted octanol–water partition coefficient (Wildman–Crippen LogP) is 6.72. The third-order valence-electron chi connectivity index (χ3n) is 11.4. The number of para-hydroxylation sites is 1. The van der Waals surface area contributed by atoms with Crippen molar-refractivity contribution in [3.8, 4) is 22.9 Å². The number of imidazole rings is 1. The molecule has 4 aromatic rings. The number of hydrogen-bond acceptors (Lipinski definition) is 10. The highest BCUT2D eigenvalue weighted by Gasteiger charge is 2.53. The molecule has 5 atom stereocenters. The number of amides is 1. The molecule has 2 bridgehead atoms. The van der Waals surface area contributed by atoms with Crippen LogP contribution in [0.5, 0.6) is 11.8 Å². The van der Waals surface area contributed by atoms with E-state index in [1.165, 1.54) is 12.1 Å². The van der Waals surface area contributed by atoms with E-state index < -0.39 is 47.8 Å². The molecule has 4 fully saturated rings. The summed E-state index contributed by atoms with van der Waals surface area (Å²) in [5, 5.41) is 0.0201. The van der Waals surface area contributed by atoms with E-state index in [1.807, 2.05) is 25.7 Å². The van der Waals surface area contributed by atoms with Crippen molar-refractivity contribution in [3.63, 3.8) is 0 Å². The van der Waals surface area contributed by atoms with Crippen molar-refractivity contribution in [2.45, 2.75) is 94.9 Å². The molecule has 17 heteroatoms. The number of benzene rings is 2. The molecule has 9 rings (SSSR count). The lowest BCUT2D eigenvalue weighted by Gasteiger charge is -2.46. The van der Waals surface area contributed by atoms with Gasteiger partial charge in [-0.05, 0) is 59.1 Å². The Balaban J connectivity index is 1.21. The number of nitrogen functional groups attached to an aromatic ring is 1. The van der Waals surface area contributed by atoms with E-state index in [-0.39, 0.29) is 75.1 Å². The van der Waals surface area contributed by atoms with E-state index in [0.29, 0.717) is 42.7 Å². The third-order valence-corrected chi connectivity index (χ3v) is 11.8. The van der Waals surface area contributed by atoms with Gasteiger partial charge >= 0.3 is 18.7 Å². The Bertz CT molecular complexity index is 2170. The number of piperazine rings is 1. The van der Waals surface area contributed by atoms with Crippen LogP contribution in [0.2, 0.25) is 5.02 Å². The van der Waals surface area contributed by atoms with Gasteiger partial charge in [0.1, 0.15) is 36.3 Å². The number of carbonyl (C=O) groups excluding carboxylic acids is 1. The molecule has 2 N–H and O–H groups in total. The summed E-state index contributed by atoms with van der Waals surface area (Å²) in [7, 11) is 0. The Morgan fingerprint density at radius 1 is 1.17 bits per heavy atom. The molecule has 53 heavy (non-hydrogen) atoms. The molecule has 0 radical (unpaired) electrons. The van der Waals surface area contributed by atoms with Crippen LogP contribution in [0.3, 0.4) is 0 Å². The number of fused-ring (bicyclic) bond motifs is 7. The van der Waals surface area contributed by atoms with Crippen LogP contribution in [0.25, 0.3) is 33.1 Å². The molecule has 282 valence electrons. The number of halogens is 5. The van der Waals surface area contributed by atoms with Gasteiger partial charge in [-0.25, -0.2) is 18.6 Å². The number of rotatable bonds is 5. The van der Waals surface area contributed by atoms with Crippen molar-refractivity contribution in [1.29, 1.82) is 0 Å². The van der Waals surface area contributed by atoms with Crippen molar-refractivity contribution >= 4 is 51.4 Å². The predicted molar refractivity (Wildman–Crippen MR) is 189 cm³/mol. The van der Waals surface area contributed by atoms with Crippen LogP contribution in [0.1, 0.15) is 59.4 Å². The molecule has 5 aliphatic rings. The summed E-state index contributed by atoms with van der Waals surface area (Å²) in [6.45, 7) is 3.90. The third kappa shape index (κ3) is 5.33. The van der Waals surface area contributed by atoms with Crippen LogP contribution in [-0.2, 0) is 4.74 Å². The highest BCUT2D eigenvalue weighted by molar-refractivity contribution is 6.37. The molecular formula is C36H39ClF4N8O4. The summed E-state index contributed by atoms with van der Waals surface area (Å²) in [5.74, 6) is -0.971. The maximum Gasteiger partial charge on any atom is 0.410 e. The maximum atomic E-state index is 17.4. The van der Waals surface area contributed by atoms with Gasteiger partial charge in [0.25, 0.3) is 0 Å². The Labute approximate surface area is 307 Å². The van der Waals surface area contributed by atoms with Gasteiger partial charge in [0.2, 0.25) is 5.95 Å². The summed E-state index contributed by atoms with van der Waals surface area (Å²) < 4.78 is 79.9. The van der Waals surface area contributed by atoms with Crippen LogP contribution in [0.15, 0.2) is 18.2 Å². The minimum atomic E-state index is -3.08. The number of nitrogens with two attached hydrogens (primary N) is 1. The molecule has 5 aliphatic heterocycles. The molecule has 0 saturated carbocycles. The largest absolute Gasteiger partial charge is 0.489 e. The van der Waals surface area contributed by atoms with Crippen molar-refractivity contribution in [3.05, 3.63) is 29.0 Å². The van der Waals surface area contributed by atoms with Gasteiger partial charge in [0.15, 0.2) is 11.6 Å². The van der Waals surface area contributed by atoms with Gasteiger partial charge in [-0.1, -0.05) is 23.7 Å². The van der Waals surface area contributed by atoms with Crippen molar-refractivity contribution in [2.75, 3.05) is 43.5 Å². The van der Waals surface area contributed by atoms with E-state index in [2.05, 4.69) is 14.9 Å². The van der Waals surface area contributed by atoms with Crippen LogP contribution < -0.4 is 20.1 Å². The second-order valence-corrected chi connectivity index (χ2v) is 16.1. The summed E-state index contributed by atoms with van der Waals surface area (Å²) in [5.41, 5.74) is 4.25. The molecule has 1 unspecified atom stereocenters. The fourth-order valence-corrected chi connectivity index (χ4v) is 9.68. The maximum absolute atomic E-state index is 17.4. The number of anilines is 2. The lowest BCUT2D eigenvalue weighted by atomic mass is 9.95. The molecule has 7 heterocycles. The summed E-state index contributed by atoms with van der Waals surface area (Å²) in [6, 6.07) is 3.37. The Kier molecular flexibility index (Phi) is 7.87. The molecule has 1 amide bonds. The molecule has 2 aromatic carbocycles. The van der Waals surface area contributed by atoms with Crippen molar-refractivity contribution in [2.24, 2.45) is 0 Å². The zero-order valence-corrected chi connectivity index (χ0v) is 30.2. The van der Waals surface area contributed by atoms with E-state index in [0.717, 1.165) is 19.4 Å². The topological polar surface area (TPSA) is 124 Å². The Morgan fingerprint density at radius 3 is 2.75 bits per heavy atom. The van der Waals surface area contributed by atoms with E-state index in [1.54, 1.807) is 11.0 Å². The smallest absolute Gasteiger partial charge is 0.410 e. The number of aromatic nitrogens is 4. The fourth-order valence-electron chi connectivity index (χ4n) is 9.34. The average Bonchev–Trinajstić information content (AvgIpc) is 3.79. The van der Waals surface area contributed by atoms with Crippen LogP contribution in [0.4, 0.5) is 34.1 Å². The van der Waals surface area contributed by atoms with E-state index in [4.69, 9.17) is 36.5 Å². The quantitative estimate of drug-likeness (QED) is 0.220. The zero-order valence-electron chi connectivity index (χ0n) is 29.4. The normalized spacial score (nSPS) is 26.7. The number of alkyl halides is 3. The first-order valence-corrected chi connectivity index (χ1v) is 18.3. The van der Waals surface area contributed by atoms with Gasteiger partial charge in [0.05, 0.1) is 45.1 Å². The monoisotopic (exact) mass is 758 g/mol. The molecular weight excluding hydrogens is 720 g/mol. The molecule has 12 nitrogen and oxygen atoms in total.